The fraction of sp³-hybridized carbons (Fsp3) is 0.300. The summed E-state index contributed by atoms with van der Waals surface area (Å²) in [6.45, 7) is -1.10. The molecule has 1 atom stereocenters. The molecular formula is C10H8Cl2F3NO2. The van der Waals surface area contributed by atoms with E-state index in [2.05, 4.69) is 4.74 Å². The Morgan fingerprint density at radius 3 is 2.72 bits per heavy atom. The van der Waals surface area contributed by atoms with Crippen LogP contribution in [0.15, 0.2) is 18.2 Å². The first kappa shape index (κ1) is 14.9. The average Bonchev–Trinajstić information content (AvgIpc) is 2.23. The number of alkyl halides is 2. The van der Waals surface area contributed by atoms with Crippen molar-refractivity contribution in [2.24, 2.45) is 0 Å². The van der Waals surface area contributed by atoms with Crippen LogP contribution in [0.5, 0.6) is 0 Å². The maximum Gasteiger partial charge on any atom is 0.408 e. The van der Waals surface area contributed by atoms with Gasteiger partial charge in [0.2, 0.25) is 0 Å². The van der Waals surface area contributed by atoms with Gasteiger partial charge in [-0.2, -0.15) is 0 Å². The Hall–Kier alpha value is -1.14. The van der Waals surface area contributed by atoms with Crippen LogP contribution in [0, 0.1) is 5.82 Å². The minimum Gasteiger partial charge on any atom is -0.443 e. The highest BCUT2D eigenvalue weighted by atomic mass is 35.5. The summed E-state index contributed by atoms with van der Waals surface area (Å²) in [4.78, 5) is 10.9. The summed E-state index contributed by atoms with van der Waals surface area (Å²) in [6, 6.07) is 1.74. The number of halogens is 5. The Morgan fingerprint density at radius 1 is 1.44 bits per heavy atom. The molecule has 0 aliphatic carbocycles. The topological polar surface area (TPSA) is 38.3 Å². The van der Waals surface area contributed by atoms with Gasteiger partial charge in [-0.05, 0) is 12.1 Å². The number of carbonyl (C=O) groups is 1. The van der Waals surface area contributed by atoms with Crippen molar-refractivity contribution in [3.8, 4) is 0 Å². The molecule has 0 unspecified atom stereocenters. The second kappa shape index (κ2) is 5.24. The van der Waals surface area contributed by atoms with Crippen LogP contribution in [-0.4, -0.2) is 18.6 Å². The molecule has 1 N–H and O–H groups in total. The highest BCUT2D eigenvalue weighted by molar-refractivity contribution is 6.31. The van der Waals surface area contributed by atoms with Gasteiger partial charge in [0.1, 0.15) is 11.9 Å². The van der Waals surface area contributed by atoms with Crippen molar-refractivity contribution in [2.75, 3.05) is 6.61 Å². The molecule has 1 aliphatic rings. The minimum absolute atomic E-state index is 0. The summed E-state index contributed by atoms with van der Waals surface area (Å²) in [5, 5.41) is 1.70. The second-order valence-corrected chi connectivity index (χ2v) is 3.96. The first-order chi connectivity index (χ1) is 7.92. The molecule has 0 spiro atoms. The fourth-order valence-corrected chi connectivity index (χ4v) is 1.85. The number of rotatable bonds is 1. The van der Waals surface area contributed by atoms with Crippen molar-refractivity contribution in [3.05, 3.63) is 34.6 Å². The van der Waals surface area contributed by atoms with Gasteiger partial charge in [0, 0.05) is 10.6 Å². The SMILES string of the molecule is Cl.O=C1N[C@@H](c2c(F)cccc2Cl)C(F)(F)CO1. The lowest BCUT2D eigenvalue weighted by atomic mass is 9.99. The Morgan fingerprint density at radius 2 is 2.11 bits per heavy atom. The van der Waals surface area contributed by atoms with Crippen LogP contribution in [0.2, 0.25) is 5.02 Å². The maximum atomic E-state index is 13.5. The molecule has 8 heteroatoms. The number of amides is 1. The summed E-state index contributed by atoms with van der Waals surface area (Å²) in [5.74, 6) is -4.32. The molecule has 18 heavy (non-hydrogen) atoms. The van der Waals surface area contributed by atoms with E-state index >= 15 is 0 Å². The highest BCUT2D eigenvalue weighted by Gasteiger charge is 2.48. The Kier molecular flexibility index (Phi) is 4.34. The maximum absolute atomic E-state index is 13.5. The van der Waals surface area contributed by atoms with Gasteiger partial charge in [0.25, 0.3) is 0 Å². The number of hydrogen-bond acceptors (Lipinski definition) is 2. The number of cyclic esters (lactones) is 1. The monoisotopic (exact) mass is 301 g/mol. The quantitative estimate of drug-likeness (QED) is 0.864. The zero-order valence-corrected chi connectivity index (χ0v) is 10.3. The molecule has 0 bridgehead atoms. The molecule has 1 saturated heterocycles. The summed E-state index contributed by atoms with van der Waals surface area (Å²) in [5.41, 5.74) is -0.434. The van der Waals surface area contributed by atoms with E-state index in [1.807, 2.05) is 5.32 Å². The van der Waals surface area contributed by atoms with Crippen LogP contribution in [-0.2, 0) is 4.74 Å². The zero-order chi connectivity index (χ0) is 12.6. The van der Waals surface area contributed by atoms with Crippen molar-refractivity contribution in [1.29, 1.82) is 0 Å². The van der Waals surface area contributed by atoms with E-state index in [1.165, 1.54) is 12.1 Å². The Balaban J connectivity index is 0.00000162. The summed E-state index contributed by atoms with van der Waals surface area (Å²) >= 11 is 5.67. The van der Waals surface area contributed by atoms with Crippen LogP contribution < -0.4 is 5.32 Å². The average molecular weight is 302 g/mol. The molecule has 1 fully saturated rings. The molecule has 100 valence electrons. The standard InChI is InChI=1S/C10H7ClF3NO2.ClH/c11-5-2-1-3-6(12)7(5)8-10(13,14)4-17-9(16)15-8;/h1-3,8H,4H2,(H,15,16);1H/t8-;/m0./s1. The largest absolute Gasteiger partial charge is 0.443 e. The normalized spacial score (nSPS) is 21.6. The lowest BCUT2D eigenvalue weighted by Gasteiger charge is -2.32. The van der Waals surface area contributed by atoms with Crippen molar-refractivity contribution >= 4 is 30.1 Å². The number of benzene rings is 1. The molecule has 0 radical (unpaired) electrons. The number of ether oxygens (including phenoxy) is 1. The molecule has 1 aromatic rings. The molecule has 1 amide bonds. The molecular weight excluding hydrogens is 294 g/mol. The van der Waals surface area contributed by atoms with Gasteiger partial charge >= 0.3 is 12.0 Å². The predicted molar refractivity (Wildman–Crippen MR) is 60.8 cm³/mol. The Bertz CT molecular complexity index is 450. The van der Waals surface area contributed by atoms with Crippen molar-refractivity contribution in [3.63, 3.8) is 0 Å². The van der Waals surface area contributed by atoms with E-state index in [-0.39, 0.29) is 17.4 Å². The van der Waals surface area contributed by atoms with Crippen molar-refractivity contribution < 1.29 is 22.7 Å². The van der Waals surface area contributed by atoms with Gasteiger partial charge in [-0.1, -0.05) is 17.7 Å². The van der Waals surface area contributed by atoms with E-state index in [0.29, 0.717) is 0 Å². The summed E-state index contributed by atoms with van der Waals surface area (Å²) < 4.78 is 44.7. The van der Waals surface area contributed by atoms with Crippen LogP contribution in [0.25, 0.3) is 0 Å². The third-order valence-corrected chi connectivity index (χ3v) is 2.70. The molecule has 2 rings (SSSR count). The molecule has 1 heterocycles. The van der Waals surface area contributed by atoms with Crippen LogP contribution >= 0.6 is 24.0 Å². The fourth-order valence-electron chi connectivity index (χ4n) is 1.58. The molecule has 0 aromatic heterocycles. The molecule has 1 aromatic carbocycles. The first-order valence-electron chi connectivity index (χ1n) is 4.67. The lowest BCUT2D eigenvalue weighted by Crippen LogP contribution is -2.50. The van der Waals surface area contributed by atoms with Crippen LogP contribution in [0.1, 0.15) is 11.6 Å². The van der Waals surface area contributed by atoms with E-state index < -0.39 is 36.0 Å². The molecule has 0 saturated carbocycles. The van der Waals surface area contributed by atoms with E-state index in [4.69, 9.17) is 11.6 Å². The van der Waals surface area contributed by atoms with Gasteiger partial charge < -0.3 is 10.1 Å². The van der Waals surface area contributed by atoms with E-state index in [9.17, 15) is 18.0 Å². The number of carbonyl (C=O) groups excluding carboxylic acids is 1. The molecule has 1 aliphatic heterocycles. The van der Waals surface area contributed by atoms with Gasteiger partial charge in [-0.15, -0.1) is 12.4 Å². The smallest absolute Gasteiger partial charge is 0.408 e. The predicted octanol–water partition coefficient (Wildman–Crippen LogP) is 3.32. The van der Waals surface area contributed by atoms with Gasteiger partial charge in [-0.25, -0.2) is 18.0 Å². The Labute approximate surface area is 112 Å². The van der Waals surface area contributed by atoms with E-state index in [0.717, 1.165) is 6.07 Å². The van der Waals surface area contributed by atoms with Crippen molar-refractivity contribution in [1.82, 2.24) is 5.32 Å². The first-order valence-corrected chi connectivity index (χ1v) is 5.04. The lowest BCUT2D eigenvalue weighted by molar-refractivity contribution is -0.104. The van der Waals surface area contributed by atoms with E-state index in [1.54, 1.807) is 0 Å². The minimum atomic E-state index is -3.42. The van der Waals surface area contributed by atoms with Gasteiger partial charge in [-0.3, -0.25) is 0 Å². The van der Waals surface area contributed by atoms with Crippen LogP contribution in [0.4, 0.5) is 18.0 Å². The second-order valence-electron chi connectivity index (χ2n) is 3.55. The van der Waals surface area contributed by atoms with Gasteiger partial charge in [0.15, 0.2) is 6.61 Å². The summed E-state index contributed by atoms with van der Waals surface area (Å²) in [7, 11) is 0. The number of alkyl carbamates (subject to hydrolysis) is 1. The number of hydrogen-bond donors (Lipinski definition) is 1. The molecule has 3 nitrogen and oxygen atoms in total. The number of nitrogens with one attached hydrogen (secondary N) is 1. The zero-order valence-electron chi connectivity index (χ0n) is 8.75. The van der Waals surface area contributed by atoms with Crippen molar-refractivity contribution in [2.45, 2.75) is 12.0 Å². The van der Waals surface area contributed by atoms with Crippen LogP contribution in [0.3, 0.4) is 0 Å². The third kappa shape index (κ3) is 2.64. The third-order valence-electron chi connectivity index (χ3n) is 2.37. The summed E-state index contributed by atoms with van der Waals surface area (Å²) in [6.07, 6.45) is -1.03. The van der Waals surface area contributed by atoms with Gasteiger partial charge in [0.05, 0.1) is 0 Å². The highest BCUT2D eigenvalue weighted by Crippen LogP contribution is 2.38.